The SMILES string of the molecule is C[C@H](N[C@H](c1ccccc1)c1cccs1)C(=O)Nc1ccc(C(N)=O)cc1. The van der Waals surface area contributed by atoms with Crippen LogP contribution in [0.5, 0.6) is 0 Å². The van der Waals surface area contributed by atoms with Crippen molar-refractivity contribution in [1.29, 1.82) is 0 Å². The molecule has 0 unspecified atom stereocenters. The molecular weight excluding hydrogens is 358 g/mol. The number of nitrogens with one attached hydrogen (secondary N) is 2. The molecule has 0 aliphatic carbocycles. The Morgan fingerprint density at radius 3 is 2.26 bits per heavy atom. The van der Waals surface area contributed by atoms with Gasteiger partial charge in [-0.3, -0.25) is 14.9 Å². The summed E-state index contributed by atoms with van der Waals surface area (Å²) in [6, 6.07) is 20.1. The Morgan fingerprint density at radius 2 is 1.67 bits per heavy atom. The van der Waals surface area contributed by atoms with E-state index >= 15 is 0 Å². The number of rotatable bonds is 7. The van der Waals surface area contributed by atoms with E-state index in [0.717, 1.165) is 10.4 Å². The number of amides is 2. The van der Waals surface area contributed by atoms with E-state index in [1.165, 1.54) is 0 Å². The van der Waals surface area contributed by atoms with Crippen LogP contribution in [0.1, 0.15) is 33.8 Å². The fourth-order valence-corrected chi connectivity index (χ4v) is 3.55. The average molecular weight is 379 g/mol. The number of thiophene rings is 1. The number of carbonyl (C=O) groups excluding carboxylic acids is 2. The van der Waals surface area contributed by atoms with Crippen LogP contribution in [0.2, 0.25) is 0 Å². The van der Waals surface area contributed by atoms with Crippen molar-refractivity contribution >= 4 is 28.8 Å². The second kappa shape index (κ2) is 8.62. The van der Waals surface area contributed by atoms with Crippen LogP contribution in [0.15, 0.2) is 72.1 Å². The highest BCUT2D eigenvalue weighted by Gasteiger charge is 2.21. The van der Waals surface area contributed by atoms with Gasteiger partial charge in [0.2, 0.25) is 11.8 Å². The largest absolute Gasteiger partial charge is 0.366 e. The third kappa shape index (κ3) is 4.81. The highest BCUT2D eigenvalue weighted by Crippen LogP contribution is 2.26. The number of hydrogen-bond acceptors (Lipinski definition) is 4. The number of nitrogens with two attached hydrogens (primary N) is 1. The van der Waals surface area contributed by atoms with E-state index in [1.54, 1.807) is 35.6 Å². The molecule has 0 aliphatic rings. The summed E-state index contributed by atoms with van der Waals surface area (Å²) in [4.78, 5) is 24.9. The summed E-state index contributed by atoms with van der Waals surface area (Å²) in [5.41, 5.74) is 7.36. The summed E-state index contributed by atoms with van der Waals surface area (Å²) in [7, 11) is 0. The molecule has 27 heavy (non-hydrogen) atoms. The predicted molar refractivity (Wildman–Crippen MR) is 109 cm³/mol. The zero-order valence-corrected chi connectivity index (χ0v) is 15.7. The molecule has 0 bridgehead atoms. The van der Waals surface area contributed by atoms with Crippen molar-refractivity contribution in [3.8, 4) is 0 Å². The van der Waals surface area contributed by atoms with E-state index in [1.807, 2.05) is 48.7 Å². The average Bonchev–Trinajstić information content (AvgIpc) is 3.21. The van der Waals surface area contributed by atoms with Gasteiger partial charge in [0.05, 0.1) is 12.1 Å². The molecule has 0 aliphatic heterocycles. The monoisotopic (exact) mass is 379 g/mol. The van der Waals surface area contributed by atoms with Gasteiger partial charge in [-0.2, -0.15) is 0 Å². The molecule has 1 aromatic heterocycles. The highest BCUT2D eigenvalue weighted by molar-refractivity contribution is 7.10. The molecule has 0 fully saturated rings. The van der Waals surface area contributed by atoms with Crippen LogP contribution in [0, 0.1) is 0 Å². The molecule has 0 saturated carbocycles. The van der Waals surface area contributed by atoms with Gasteiger partial charge in [0.25, 0.3) is 0 Å². The standard InChI is InChI=1S/C21H21N3O2S/c1-14(21(26)24-17-11-9-16(10-12-17)20(22)25)23-19(18-8-5-13-27-18)15-6-3-2-4-7-15/h2-14,19,23H,1H3,(H2,22,25)(H,24,26)/t14-,19+/m0/s1. The molecule has 3 rings (SSSR count). The Bertz CT molecular complexity index is 893. The van der Waals surface area contributed by atoms with Gasteiger partial charge in [0.15, 0.2) is 0 Å². The molecule has 5 nitrogen and oxygen atoms in total. The number of hydrogen-bond donors (Lipinski definition) is 3. The third-order valence-electron chi connectivity index (χ3n) is 4.21. The topological polar surface area (TPSA) is 84.2 Å². The summed E-state index contributed by atoms with van der Waals surface area (Å²) in [5, 5.41) is 8.30. The summed E-state index contributed by atoms with van der Waals surface area (Å²) >= 11 is 1.65. The predicted octanol–water partition coefficient (Wildman–Crippen LogP) is 3.55. The lowest BCUT2D eigenvalue weighted by atomic mass is 10.0. The van der Waals surface area contributed by atoms with E-state index in [0.29, 0.717) is 11.3 Å². The Balaban J connectivity index is 1.70. The van der Waals surface area contributed by atoms with Gasteiger partial charge in [-0.25, -0.2) is 0 Å². The molecule has 2 atom stereocenters. The zero-order valence-electron chi connectivity index (χ0n) is 14.9. The smallest absolute Gasteiger partial charge is 0.248 e. The van der Waals surface area contributed by atoms with Crippen molar-refractivity contribution in [1.82, 2.24) is 5.32 Å². The minimum absolute atomic E-state index is 0.0656. The molecule has 0 radical (unpaired) electrons. The Kier molecular flexibility index (Phi) is 6.01. The van der Waals surface area contributed by atoms with E-state index in [2.05, 4.69) is 16.7 Å². The van der Waals surface area contributed by atoms with E-state index < -0.39 is 11.9 Å². The minimum atomic E-state index is -0.496. The third-order valence-corrected chi connectivity index (χ3v) is 5.14. The lowest BCUT2D eigenvalue weighted by molar-refractivity contribution is -0.117. The van der Waals surface area contributed by atoms with Gasteiger partial charge in [-0.15, -0.1) is 11.3 Å². The number of primary amides is 1. The quantitative estimate of drug-likeness (QED) is 0.587. The van der Waals surface area contributed by atoms with Crippen molar-refractivity contribution in [2.75, 3.05) is 5.32 Å². The summed E-state index contributed by atoms with van der Waals surface area (Å²) < 4.78 is 0. The minimum Gasteiger partial charge on any atom is -0.366 e. The van der Waals surface area contributed by atoms with Crippen LogP contribution in [-0.2, 0) is 4.79 Å². The van der Waals surface area contributed by atoms with Crippen LogP contribution in [0.25, 0.3) is 0 Å². The van der Waals surface area contributed by atoms with Crippen LogP contribution < -0.4 is 16.4 Å². The van der Waals surface area contributed by atoms with Crippen molar-refractivity contribution in [2.45, 2.75) is 19.0 Å². The first kappa shape index (κ1) is 18.8. The molecular formula is C21H21N3O2S. The molecule has 1 heterocycles. The maximum atomic E-state index is 12.6. The van der Waals surface area contributed by atoms with Crippen LogP contribution in [0.4, 0.5) is 5.69 Å². The second-order valence-corrected chi connectivity index (χ2v) is 7.16. The summed E-state index contributed by atoms with van der Waals surface area (Å²) in [5.74, 6) is -0.649. The fraction of sp³-hybridized carbons (Fsp3) is 0.143. The molecule has 3 aromatic rings. The Morgan fingerprint density at radius 1 is 0.963 bits per heavy atom. The molecule has 138 valence electrons. The number of benzene rings is 2. The summed E-state index contributed by atoms with van der Waals surface area (Å²) in [6.07, 6.45) is 0. The highest BCUT2D eigenvalue weighted by atomic mass is 32.1. The molecule has 2 amide bonds. The Labute approximate surface area is 162 Å². The molecule has 2 aromatic carbocycles. The molecule has 0 spiro atoms. The van der Waals surface area contributed by atoms with E-state index in [4.69, 9.17) is 5.73 Å². The molecule has 6 heteroatoms. The van der Waals surface area contributed by atoms with Crippen LogP contribution >= 0.6 is 11.3 Å². The van der Waals surface area contributed by atoms with Gasteiger partial charge in [0, 0.05) is 16.1 Å². The number of carbonyl (C=O) groups is 2. The first-order valence-electron chi connectivity index (χ1n) is 8.59. The van der Waals surface area contributed by atoms with Crippen LogP contribution in [0.3, 0.4) is 0 Å². The van der Waals surface area contributed by atoms with E-state index in [-0.39, 0.29) is 11.9 Å². The van der Waals surface area contributed by atoms with Gasteiger partial charge >= 0.3 is 0 Å². The first-order valence-corrected chi connectivity index (χ1v) is 9.47. The van der Waals surface area contributed by atoms with Crippen molar-refractivity contribution in [2.24, 2.45) is 5.73 Å². The Hall–Kier alpha value is -2.96. The van der Waals surface area contributed by atoms with Gasteiger partial charge in [-0.05, 0) is 48.2 Å². The lowest BCUT2D eigenvalue weighted by Crippen LogP contribution is -2.40. The molecule has 4 N–H and O–H groups in total. The van der Waals surface area contributed by atoms with Crippen molar-refractivity contribution < 1.29 is 9.59 Å². The summed E-state index contributed by atoms with van der Waals surface area (Å²) in [6.45, 7) is 1.83. The van der Waals surface area contributed by atoms with Crippen molar-refractivity contribution in [3.05, 3.63) is 88.1 Å². The maximum absolute atomic E-state index is 12.6. The van der Waals surface area contributed by atoms with E-state index in [9.17, 15) is 9.59 Å². The van der Waals surface area contributed by atoms with Gasteiger partial charge in [-0.1, -0.05) is 36.4 Å². The fourth-order valence-electron chi connectivity index (χ4n) is 2.74. The second-order valence-electron chi connectivity index (χ2n) is 6.18. The van der Waals surface area contributed by atoms with Gasteiger partial charge in [0.1, 0.15) is 0 Å². The molecule has 0 saturated heterocycles. The van der Waals surface area contributed by atoms with Gasteiger partial charge < -0.3 is 11.1 Å². The van der Waals surface area contributed by atoms with Crippen LogP contribution in [-0.4, -0.2) is 17.9 Å². The zero-order chi connectivity index (χ0) is 19.2. The van der Waals surface area contributed by atoms with Crippen molar-refractivity contribution in [3.63, 3.8) is 0 Å². The lowest BCUT2D eigenvalue weighted by Gasteiger charge is -2.22. The maximum Gasteiger partial charge on any atom is 0.248 e. The normalized spacial score (nSPS) is 12.9. The number of anilines is 1. The first-order chi connectivity index (χ1) is 13.0.